The van der Waals surface area contributed by atoms with E-state index in [1.165, 1.54) is 6.92 Å². The average molecular weight is 321 g/mol. The lowest BCUT2D eigenvalue weighted by molar-refractivity contribution is -0.129. The molecule has 1 saturated heterocycles. The summed E-state index contributed by atoms with van der Waals surface area (Å²) in [5, 5.41) is 11.1. The van der Waals surface area contributed by atoms with Crippen molar-refractivity contribution >= 4 is 40.1 Å². The molecule has 2 N–H and O–H groups in total. The van der Waals surface area contributed by atoms with Crippen LogP contribution in [0.5, 0.6) is 0 Å². The highest BCUT2D eigenvalue weighted by Crippen LogP contribution is 2.33. The number of benzene rings is 1. The fourth-order valence-corrected chi connectivity index (χ4v) is 2.99. The van der Waals surface area contributed by atoms with Crippen molar-refractivity contribution in [3.05, 3.63) is 23.2 Å². The number of anilines is 1. The highest BCUT2D eigenvalue weighted by Gasteiger charge is 2.41. The molecule has 6 nitrogen and oxygen atoms in total. The number of likely N-dealkylation sites (tertiary alicyclic amines) is 1. The molecule has 1 aromatic heterocycles. The van der Waals surface area contributed by atoms with Gasteiger partial charge in [-0.05, 0) is 25.5 Å². The first-order valence-corrected chi connectivity index (χ1v) is 7.48. The van der Waals surface area contributed by atoms with Gasteiger partial charge in [0.1, 0.15) is 0 Å². The first-order valence-electron chi connectivity index (χ1n) is 7.10. The van der Waals surface area contributed by atoms with Crippen molar-refractivity contribution in [2.24, 2.45) is 5.41 Å². The van der Waals surface area contributed by atoms with Gasteiger partial charge in [0.25, 0.3) is 0 Å². The summed E-state index contributed by atoms with van der Waals surface area (Å²) in [6.07, 6.45) is 0.640. The second kappa shape index (κ2) is 5.28. The van der Waals surface area contributed by atoms with Crippen LogP contribution in [0, 0.1) is 5.41 Å². The minimum Gasteiger partial charge on any atom is -0.342 e. The summed E-state index contributed by atoms with van der Waals surface area (Å²) >= 11 is 6.09. The molecule has 1 aromatic carbocycles. The highest BCUT2D eigenvalue weighted by molar-refractivity contribution is 6.35. The van der Waals surface area contributed by atoms with Gasteiger partial charge in [-0.2, -0.15) is 5.10 Å². The van der Waals surface area contributed by atoms with Gasteiger partial charge in [0.2, 0.25) is 11.8 Å². The monoisotopic (exact) mass is 320 g/mol. The Bertz CT molecular complexity index is 757. The van der Waals surface area contributed by atoms with E-state index in [0.29, 0.717) is 35.9 Å². The van der Waals surface area contributed by atoms with Crippen LogP contribution in [-0.4, -0.2) is 40.0 Å². The minimum atomic E-state index is -0.602. The zero-order valence-corrected chi connectivity index (χ0v) is 13.2. The number of H-pyrrole nitrogens is 1. The molecule has 3 rings (SSSR count). The van der Waals surface area contributed by atoms with Crippen LogP contribution in [0.4, 0.5) is 5.82 Å². The number of hydrogen-bond donors (Lipinski definition) is 2. The lowest BCUT2D eigenvalue weighted by Gasteiger charge is -2.22. The molecule has 1 unspecified atom stereocenters. The van der Waals surface area contributed by atoms with Crippen LogP contribution in [-0.2, 0) is 9.59 Å². The summed E-state index contributed by atoms with van der Waals surface area (Å²) in [5.41, 5.74) is 0.0941. The summed E-state index contributed by atoms with van der Waals surface area (Å²) in [4.78, 5) is 25.7. The van der Waals surface area contributed by atoms with E-state index in [4.69, 9.17) is 11.6 Å². The molecule has 22 heavy (non-hydrogen) atoms. The smallest absolute Gasteiger partial charge is 0.233 e. The van der Waals surface area contributed by atoms with E-state index in [-0.39, 0.29) is 11.8 Å². The third-order valence-electron chi connectivity index (χ3n) is 4.25. The predicted octanol–water partition coefficient (Wildman–Crippen LogP) is 2.41. The van der Waals surface area contributed by atoms with Gasteiger partial charge in [0.05, 0.1) is 16.0 Å². The van der Waals surface area contributed by atoms with Gasteiger partial charge in [-0.25, -0.2) is 0 Å². The average Bonchev–Trinajstić information content (AvgIpc) is 3.05. The Kier molecular flexibility index (Phi) is 3.56. The molecular formula is C15H17ClN4O2. The number of rotatable bonds is 2. The maximum Gasteiger partial charge on any atom is 0.233 e. The molecule has 1 aliphatic rings. The van der Waals surface area contributed by atoms with E-state index in [1.54, 1.807) is 11.0 Å². The van der Waals surface area contributed by atoms with E-state index in [2.05, 4.69) is 15.5 Å². The lowest BCUT2D eigenvalue weighted by Crippen LogP contribution is -2.37. The fourth-order valence-electron chi connectivity index (χ4n) is 2.78. The molecule has 1 aliphatic heterocycles. The largest absolute Gasteiger partial charge is 0.342 e. The van der Waals surface area contributed by atoms with Gasteiger partial charge in [-0.1, -0.05) is 17.7 Å². The standard InChI is InChI=1S/C15H17ClN4O2/c1-9(21)20-7-6-15(2,8-20)14(22)17-13-10-4-3-5-11(16)12(10)18-19-13/h3-5H,6-8H2,1-2H3,(H2,17,18,19,22). The molecule has 0 aliphatic carbocycles. The van der Waals surface area contributed by atoms with Gasteiger partial charge < -0.3 is 10.2 Å². The normalized spacial score (nSPS) is 21.3. The Morgan fingerprint density at radius 2 is 2.23 bits per heavy atom. The van der Waals surface area contributed by atoms with Crippen LogP contribution >= 0.6 is 11.6 Å². The van der Waals surface area contributed by atoms with Crippen molar-refractivity contribution in [1.82, 2.24) is 15.1 Å². The molecule has 0 spiro atoms. The van der Waals surface area contributed by atoms with Gasteiger partial charge in [0, 0.05) is 25.4 Å². The summed E-state index contributed by atoms with van der Waals surface area (Å²) in [6.45, 7) is 4.42. The Morgan fingerprint density at radius 3 is 2.91 bits per heavy atom. The highest BCUT2D eigenvalue weighted by atomic mass is 35.5. The molecule has 1 fully saturated rings. The Balaban J connectivity index is 1.82. The maximum atomic E-state index is 12.6. The van der Waals surface area contributed by atoms with Crippen LogP contribution in [0.3, 0.4) is 0 Å². The number of amides is 2. The van der Waals surface area contributed by atoms with Crippen LogP contribution in [0.15, 0.2) is 18.2 Å². The van der Waals surface area contributed by atoms with Crippen molar-refractivity contribution in [3.63, 3.8) is 0 Å². The molecule has 1 atom stereocenters. The molecular weight excluding hydrogens is 304 g/mol. The SMILES string of the molecule is CC(=O)N1CCC(C)(C(=O)Nc2n[nH]c3c(Cl)cccc23)C1. The van der Waals surface area contributed by atoms with Crippen molar-refractivity contribution in [2.75, 3.05) is 18.4 Å². The number of halogens is 1. The summed E-state index contributed by atoms with van der Waals surface area (Å²) < 4.78 is 0. The lowest BCUT2D eigenvalue weighted by atomic mass is 9.88. The van der Waals surface area contributed by atoms with E-state index in [1.807, 2.05) is 19.1 Å². The molecule has 0 radical (unpaired) electrons. The third kappa shape index (κ3) is 2.43. The number of nitrogens with zero attached hydrogens (tertiary/aromatic N) is 2. The van der Waals surface area contributed by atoms with Crippen molar-refractivity contribution in [2.45, 2.75) is 20.3 Å². The topological polar surface area (TPSA) is 78.1 Å². The molecule has 0 bridgehead atoms. The number of fused-ring (bicyclic) bond motifs is 1. The molecule has 2 heterocycles. The number of carbonyl (C=O) groups is 2. The van der Waals surface area contributed by atoms with E-state index >= 15 is 0 Å². The van der Waals surface area contributed by atoms with Gasteiger partial charge in [0.15, 0.2) is 5.82 Å². The van der Waals surface area contributed by atoms with Crippen LogP contribution in [0.1, 0.15) is 20.3 Å². The van der Waals surface area contributed by atoms with E-state index in [0.717, 1.165) is 5.39 Å². The van der Waals surface area contributed by atoms with Crippen LogP contribution < -0.4 is 5.32 Å². The molecule has 2 aromatic rings. The number of hydrogen-bond acceptors (Lipinski definition) is 3. The van der Waals surface area contributed by atoms with Crippen molar-refractivity contribution in [3.8, 4) is 0 Å². The zero-order chi connectivity index (χ0) is 15.9. The number of para-hydroxylation sites is 1. The number of carbonyl (C=O) groups excluding carboxylic acids is 2. The number of aromatic nitrogens is 2. The predicted molar refractivity (Wildman–Crippen MR) is 84.7 cm³/mol. The first-order chi connectivity index (χ1) is 10.4. The summed E-state index contributed by atoms with van der Waals surface area (Å²) in [7, 11) is 0. The second-order valence-electron chi connectivity index (χ2n) is 5.94. The fraction of sp³-hybridized carbons (Fsp3) is 0.400. The quantitative estimate of drug-likeness (QED) is 0.892. The number of nitrogens with one attached hydrogen (secondary N) is 2. The van der Waals surface area contributed by atoms with Crippen LogP contribution in [0.25, 0.3) is 10.9 Å². The Morgan fingerprint density at radius 1 is 1.45 bits per heavy atom. The first kappa shape index (κ1) is 14.8. The Hall–Kier alpha value is -2.08. The minimum absolute atomic E-state index is 0.00599. The Labute approximate surface area is 132 Å². The zero-order valence-electron chi connectivity index (χ0n) is 12.4. The van der Waals surface area contributed by atoms with Crippen molar-refractivity contribution in [1.29, 1.82) is 0 Å². The third-order valence-corrected chi connectivity index (χ3v) is 4.56. The molecule has 7 heteroatoms. The van der Waals surface area contributed by atoms with Gasteiger partial charge >= 0.3 is 0 Å². The molecule has 116 valence electrons. The van der Waals surface area contributed by atoms with Gasteiger partial charge in [-0.15, -0.1) is 0 Å². The van der Waals surface area contributed by atoms with Gasteiger partial charge in [-0.3, -0.25) is 14.7 Å². The second-order valence-corrected chi connectivity index (χ2v) is 6.35. The van der Waals surface area contributed by atoms with E-state index in [9.17, 15) is 9.59 Å². The molecule has 2 amide bonds. The van der Waals surface area contributed by atoms with E-state index < -0.39 is 5.41 Å². The van der Waals surface area contributed by atoms with Crippen LogP contribution in [0.2, 0.25) is 5.02 Å². The van der Waals surface area contributed by atoms with Crippen molar-refractivity contribution < 1.29 is 9.59 Å². The number of aromatic amines is 1. The summed E-state index contributed by atoms with van der Waals surface area (Å²) in [5.74, 6) is 0.322. The molecule has 0 saturated carbocycles. The maximum absolute atomic E-state index is 12.6. The summed E-state index contributed by atoms with van der Waals surface area (Å²) in [6, 6.07) is 5.42.